The number of benzene rings is 1. The number of rotatable bonds is 7. The summed E-state index contributed by atoms with van der Waals surface area (Å²) in [6, 6.07) is 1.30. The van der Waals surface area contributed by atoms with Crippen molar-refractivity contribution in [3.63, 3.8) is 0 Å². The summed E-state index contributed by atoms with van der Waals surface area (Å²) in [6.45, 7) is 2.05. The topological polar surface area (TPSA) is 99.9 Å². The maximum absolute atomic E-state index is 13.2. The van der Waals surface area contributed by atoms with Gasteiger partial charge in [-0.3, -0.25) is 14.9 Å². The average molecular weight is 418 g/mol. The Bertz CT molecular complexity index is 832. The monoisotopic (exact) mass is 418 g/mol. The van der Waals surface area contributed by atoms with Crippen molar-refractivity contribution in [2.45, 2.75) is 51.5 Å². The van der Waals surface area contributed by atoms with Gasteiger partial charge in [-0.2, -0.15) is 0 Å². The van der Waals surface area contributed by atoms with Crippen LogP contribution in [0.25, 0.3) is 0 Å². The van der Waals surface area contributed by atoms with E-state index < -0.39 is 16.5 Å². The SMILES string of the molecule is COc1cc(C(=O)N[C@@H](C)C23CC4CC(CC(C4)C2)C3)c([N+](=O)[O-])c(OC)c1OC. The van der Waals surface area contributed by atoms with Crippen LogP contribution in [0.1, 0.15) is 55.8 Å². The number of hydrogen-bond acceptors (Lipinski definition) is 6. The Balaban J connectivity index is 1.65. The van der Waals surface area contributed by atoms with Gasteiger partial charge in [0.2, 0.25) is 11.5 Å². The van der Waals surface area contributed by atoms with Crippen LogP contribution in [0.15, 0.2) is 6.07 Å². The first kappa shape index (κ1) is 20.8. The fraction of sp³-hybridized carbons (Fsp3) is 0.682. The molecule has 1 aromatic carbocycles. The van der Waals surface area contributed by atoms with Gasteiger partial charge < -0.3 is 19.5 Å². The van der Waals surface area contributed by atoms with Crippen molar-refractivity contribution in [3.8, 4) is 17.2 Å². The van der Waals surface area contributed by atoms with E-state index in [0.717, 1.165) is 37.0 Å². The van der Waals surface area contributed by atoms with Gasteiger partial charge in [0.15, 0.2) is 5.75 Å². The Morgan fingerprint density at radius 2 is 1.60 bits per heavy atom. The number of nitro benzene ring substituents is 1. The van der Waals surface area contributed by atoms with E-state index in [0.29, 0.717) is 0 Å². The van der Waals surface area contributed by atoms with E-state index in [1.54, 1.807) is 0 Å². The third-order valence-electron chi connectivity index (χ3n) is 7.58. The molecule has 0 aliphatic heterocycles. The van der Waals surface area contributed by atoms with Crippen LogP contribution in [0.3, 0.4) is 0 Å². The quantitative estimate of drug-likeness (QED) is 0.531. The molecule has 1 N–H and O–H groups in total. The number of carbonyl (C=O) groups is 1. The highest BCUT2D eigenvalue weighted by Gasteiger charge is 2.53. The summed E-state index contributed by atoms with van der Waals surface area (Å²) in [4.78, 5) is 24.5. The molecule has 0 radical (unpaired) electrons. The van der Waals surface area contributed by atoms with Crippen LogP contribution in [-0.4, -0.2) is 38.2 Å². The minimum atomic E-state index is -0.606. The van der Waals surface area contributed by atoms with Gasteiger partial charge in [0.1, 0.15) is 5.56 Å². The molecule has 4 aliphatic carbocycles. The Labute approximate surface area is 176 Å². The lowest BCUT2D eigenvalue weighted by Crippen LogP contribution is -2.55. The lowest BCUT2D eigenvalue weighted by Gasteiger charge is -2.59. The zero-order chi connectivity index (χ0) is 21.6. The molecule has 8 heteroatoms. The first-order chi connectivity index (χ1) is 14.3. The molecule has 5 rings (SSSR count). The summed E-state index contributed by atoms with van der Waals surface area (Å²) >= 11 is 0. The molecule has 4 bridgehead atoms. The van der Waals surface area contributed by atoms with E-state index in [9.17, 15) is 14.9 Å². The summed E-state index contributed by atoms with van der Waals surface area (Å²) in [6.07, 6.45) is 7.36. The molecule has 1 aromatic rings. The fourth-order valence-corrected chi connectivity index (χ4v) is 6.63. The first-order valence-electron chi connectivity index (χ1n) is 10.6. The van der Waals surface area contributed by atoms with Crippen molar-refractivity contribution in [1.82, 2.24) is 5.32 Å². The highest BCUT2D eigenvalue weighted by molar-refractivity contribution is 6.00. The van der Waals surface area contributed by atoms with Gasteiger partial charge in [0, 0.05) is 12.1 Å². The fourth-order valence-electron chi connectivity index (χ4n) is 6.63. The second-order valence-electron chi connectivity index (χ2n) is 9.27. The molecule has 0 spiro atoms. The molecule has 4 fully saturated rings. The van der Waals surface area contributed by atoms with Crippen molar-refractivity contribution in [1.29, 1.82) is 0 Å². The van der Waals surface area contributed by atoms with Crippen molar-refractivity contribution in [2.75, 3.05) is 21.3 Å². The molecule has 0 saturated heterocycles. The third-order valence-corrected chi connectivity index (χ3v) is 7.58. The second kappa shape index (κ2) is 7.63. The van der Waals surface area contributed by atoms with Crippen LogP contribution in [-0.2, 0) is 0 Å². The normalized spacial score (nSPS) is 29.9. The second-order valence-corrected chi connectivity index (χ2v) is 9.27. The summed E-state index contributed by atoms with van der Waals surface area (Å²) in [7, 11) is 4.10. The molecule has 164 valence electrons. The molecule has 1 atom stereocenters. The summed E-state index contributed by atoms with van der Waals surface area (Å²) in [5, 5.41) is 14.9. The minimum absolute atomic E-state index is 0.0582. The van der Waals surface area contributed by atoms with Crippen LogP contribution >= 0.6 is 0 Å². The smallest absolute Gasteiger partial charge is 0.327 e. The number of nitrogens with one attached hydrogen (secondary N) is 1. The van der Waals surface area contributed by atoms with E-state index in [-0.39, 0.29) is 34.3 Å². The molecular formula is C22H30N2O6. The Kier molecular flexibility index (Phi) is 5.28. The zero-order valence-electron chi connectivity index (χ0n) is 18.0. The van der Waals surface area contributed by atoms with Gasteiger partial charge in [-0.15, -0.1) is 0 Å². The summed E-state index contributed by atoms with van der Waals surface area (Å²) in [5.41, 5.74) is -0.392. The number of amides is 1. The van der Waals surface area contributed by atoms with E-state index in [2.05, 4.69) is 12.2 Å². The van der Waals surface area contributed by atoms with Crippen LogP contribution in [0, 0.1) is 33.3 Å². The molecule has 0 unspecified atom stereocenters. The average Bonchev–Trinajstić information content (AvgIpc) is 2.70. The predicted octanol–water partition coefficient (Wildman–Crippen LogP) is 3.96. The van der Waals surface area contributed by atoms with Crippen LogP contribution < -0.4 is 19.5 Å². The van der Waals surface area contributed by atoms with Crippen molar-refractivity contribution in [2.24, 2.45) is 23.2 Å². The largest absolute Gasteiger partial charge is 0.493 e. The van der Waals surface area contributed by atoms with Crippen molar-refractivity contribution < 1.29 is 23.9 Å². The standard InChI is InChI=1S/C22H30N2O6/c1-12(22-9-13-5-14(10-22)7-15(6-13)11-22)23-21(25)16-8-17(28-2)19(29-3)20(30-4)18(16)24(26)27/h8,12-15H,5-7,9-11H2,1-4H3,(H,23,25)/t12-,13?,14?,15?,22?/m0/s1. The molecule has 4 aliphatic rings. The lowest BCUT2D eigenvalue weighted by atomic mass is 9.48. The molecule has 8 nitrogen and oxygen atoms in total. The van der Waals surface area contributed by atoms with E-state index in [1.165, 1.54) is 46.7 Å². The Morgan fingerprint density at radius 3 is 2.03 bits per heavy atom. The van der Waals surface area contributed by atoms with Gasteiger partial charge in [0.25, 0.3) is 5.91 Å². The number of nitro groups is 1. The number of nitrogens with zero attached hydrogens (tertiary/aromatic N) is 1. The van der Waals surface area contributed by atoms with Gasteiger partial charge >= 0.3 is 5.69 Å². The van der Waals surface area contributed by atoms with E-state index >= 15 is 0 Å². The van der Waals surface area contributed by atoms with E-state index in [4.69, 9.17) is 14.2 Å². The maximum atomic E-state index is 13.2. The van der Waals surface area contributed by atoms with Gasteiger partial charge in [-0.1, -0.05) is 0 Å². The molecule has 4 saturated carbocycles. The molecule has 0 heterocycles. The Hall–Kier alpha value is -2.51. The molecule has 30 heavy (non-hydrogen) atoms. The van der Waals surface area contributed by atoms with Crippen LogP contribution in [0.5, 0.6) is 17.2 Å². The molecule has 0 aromatic heterocycles. The zero-order valence-corrected chi connectivity index (χ0v) is 18.0. The van der Waals surface area contributed by atoms with Gasteiger partial charge in [-0.05, 0) is 68.6 Å². The number of ether oxygens (including phenoxy) is 3. The number of carbonyl (C=O) groups excluding carboxylic acids is 1. The summed E-state index contributed by atoms with van der Waals surface area (Å²) in [5.74, 6) is 1.98. The first-order valence-corrected chi connectivity index (χ1v) is 10.6. The van der Waals surface area contributed by atoms with Crippen molar-refractivity contribution in [3.05, 3.63) is 21.7 Å². The van der Waals surface area contributed by atoms with Crippen LogP contribution in [0.4, 0.5) is 5.69 Å². The lowest BCUT2D eigenvalue weighted by molar-refractivity contribution is -0.386. The number of methoxy groups -OCH3 is 3. The van der Waals surface area contributed by atoms with Gasteiger partial charge in [0.05, 0.1) is 26.3 Å². The maximum Gasteiger partial charge on any atom is 0.327 e. The molecular weight excluding hydrogens is 388 g/mol. The van der Waals surface area contributed by atoms with Gasteiger partial charge in [-0.25, -0.2) is 0 Å². The minimum Gasteiger partial charge on any atom is -0.493 e. The number of hydrogen-bond donors (Lipinski definition) is 1. The van der Waals surface area contributed by atoms with Crippen molar-refractivity contribution >= 4 is 11.6 Å². The predicted molar refractivity (Wildman–Crippen MR) is 110 cm³/mol. The highest BCUT2D eigenvalue weighted by atomic mass is 16.6. The summed E-state index contributed by atoms with van der Waals surface area (Å²) < 4.78 is 15.8. The Morgan fingerprint density at radius 1 is 1.07 bits per heavy atom. The van der Waals surface area contributed by atoms with E-state index in [1.807, 2.05) is 0 Å². The van der Waals surface area contributed by atoms with Crippen LogP contribution in [0.2, 0.25) is 0 Å². The third kappa shape index (κ3) is 3.26. The molecule has 1 amide bonds. The highest BCUT2D eigenvalue weighted by Crippen LogP contribution is 2.61.